The first kappa shape index (κ1) is 17.6. The lowest BCUT2D eigenvalue weighted by molar-refractivity contribution is 0.0826. The van der Waals surface area contributed by atoms with Crippen LogP contribution in [0.4, 0.5) is 0 Å². The van der Waals surface area contributed by atoms with Crippen molar-refractivity contribution in [1.82, 2.24) is 25.6 Å². The summed E-state index contributed by atoms with van der Waals surface area (Å²) in [7, 11) is 0. The monoisotopic (exact) mass is 365 g/mol. The van der Waals surface area contributed by atoms with Crippen LogP contribution < -0.4 is 10.6 Å². The lowest BCUT2D eigenvalue weighted by atomic mass is 9.78. The van der Waals surface area contributed by atoms with Gasteiger partial charge in [-0.3, -0.25) is 19.6 Å². The van der Waals surface area contributed by atoms with Crippen molar-refractivity contribution in [2.75, 3.05) is 0 Å². The molecule has 2 aliphatic rings. The van der Waals surface area contributed by atoms with Crippen molar-refractivity contribution in [3.8, 4) is 0 Å². The number of nitrogens with one attached hydrogen (secondary N) is 2. The molecule has 2 bridgehead atoms. The summed E-state index contributed by atoms with van der Waals surface area (Å²) in [5.41, 5.74) is 0.905. The van der Waals surface area contributed by atoms with Crippen molar-refractivity contribution in [3.05, 3.63) is 53.9 Å². The van der Waals surface area contributed by atoms with Crippen LogP contribution in [0.5, 0.6) is 0 Å². The van der Waals surface area contributed by atoms with Crippen molar-refractivity contribution in [3.63, 3.8) is 0 Å². The lowest BCUT2D eigenvalue weighted by Gasteiger charge is -2.40. The quantitative estimate of drug-likeness (QED) is 0.866. The molecule has 140 valence electrons. The van der Waals surface area contributed by atoms with Crippen LogP contribution in [0, 0.1) is 6.92 Å². The van der Waals surface area contributed by atoms with E-state index in [1.165, 1.54) is 6.20 Å². The number of carbonyl (C=O) groups excluding carboxylic acids is 2. The fourth-order valence-electron chi connectivity index (χ4n) is 4.51. The zero-order valence-electron chi connectivity index (χ0n) is 15.4. The van der Waals surface area contributed by atoms with E-state index in [1.807, 2.05) is 13.0 Å². The molecule has 2 N–H and O–H groups in total. The fourth-order valence-corrected chi connectivity index (χ4v) is 4.51. The number of nitrogens with zero attached hydrogens (tertiary/aromatic N) is 3. The standard InChI is InChI=1S/C20H23N5O2/c1-14-11-21-12-16(23-14)18(27)25-20-7-4-6-19(13-20,8-9-20)24-17(26)15-5-2-3-10-22-15/h2-3,5,10-12H,4,6-9,13H2,1H3,(H,24,26)(H,25,27)/t19?,20-/m0/s1. The summed E-state index contributed by atoms with van der Waals surface area (Å²) in [6.07, 6.45) is 9.98. The van der Waals surface area contributed by atoms with Gasteiger partial charge in [-0.2, -0.15) is 0 Å². The molecule has 2 fully saturated rings. The maximum atomic E-state index is 12.7. The van der Waals surface area contributed by atoms with Gasteiger partial charge in [0.2, 0.25) is 0 Å². The third-order valence-electron chi connectivity index (χ3n) is 5.71. The van der Waals surface area contributed by atoms with E-state index in [4.69, 9.17) is 0 Å². The maximum absolute atomic E-state index is 12.7. The molecule has 0 saturated heterocycles. The average molecular weight is 365 g/mol. The van der Waals surface area contributed by atoms with Gasteiger partial charge in [-0.25, -0.2) is 4.98 Å². The Hall–Kier alpha value is -2.83. The molecule has 2 aromatic rings. The highest BCUT2D eigenvalue weighted by atomic mass is 16.2. The van der Waals surface area contributed by atoms with Gasteiger partial charge < -0.3 is 10.6 Å². The van der Waals surface area contributed by atoms with Gasteiger partial charge in [-0.05, 0) is 57.6 Å². The Bertz CT molecular complexity index is 872. The fraction of sp³-hybridized carbons (Fsp3) is 0.450. The molecule has 2 amide bonds. The van der Waals surface area contributed by atoms with E-state index in [9.17, 15) is 9.59 Å². The van der Waals surface area contributed by atoms with Crippen LogP contribution in [0.15, 0.2) is 36.8 Å². The van der Waals surface area contributed by atoms with Gasteiger partial charge in [-0.15, -0.1) is 0 Å². The summed E-state index contributed by atoms with van der Waals surface area (Å²) in [4.78, 5) is 37.8. The first-order valence-electron chi connectivity index (χ1n) is 9.34. The molecule has 2 atom stereocenters. The second-order valence-electron chi connectivity index (χ2n) is 7.76. The highest BCUT2D eigenvalue weighted by Crippen LogP contribution is 2.48. The third kappa shape index (κ3) is 3.54. The summed E-state index contributed by atoms with van der Waals surface area (Å²) in [5, 5.41) is 6.40. The molecule has 2 heterocycles. The molecular weight excluding hydrogens is 342 g/mol. The molecule has 0 spiro atoms. The molecule has 2 aromatic heterocycles. The molecule has 0 aromatic carbocycles. The van der Waals surface area contributed by atoms with Crippen molar-refractivity contribution in [2.24, 2.45) is 0 Å². The minimum atomic E-state index is -0.293. The SMILES string of the molecule is Cc1cncc(C(=O)N[C@@]23CCCC(NC(=O)c4ccccn4)(CC2)C3)n1. The predicted molar refractivity (Wildman–Crippen MR) is 99.1 cm³/mol. The topological polar surface area (TPSA) is 96.9 Å². The van der Waals surface area contributed by atoms with Crippen molar-refractivity contribution in [2.45, 2.75) is 56.5 Å². The number of hydrogen-bond acceptors (Lipinski definition) is 5. The smallest absolute Gasteiger partial charge is 0.271 e. The van der Waals surface area contributed by atoms with Crippen LogP contribution in [-0.2, 0) is 0 Å². The number of rotatable bonds is 4. The number of pyridine rings is 1. The van der Waals surface area contributed by atoms with Crippen LogP contribution in [0.3, 0.4) is 0 Å². The van der Waals surface area contributed by atoms with E-state index in [-0.39, 0.29) is 22.9 Å². The maximum Gasteiger partial charge on any atom is 0.271 e. The number of aromatic nitrogens is 3. The van der Waals surface area contributed by atoms with Gasteiger partial charge in [0.25, 0.3) is 11.8 Å². The average Bonchev–Trinajstić information content (AvgIpc) is 2.92. The molecule has 0 radical (unpaired) electrons. The van der Waals surface area contributed by atoms with E-state index >= 15 is 0 Å². The van der Waals surface area contributed by atoms with Gasteiger partial charge in [0.1, 0.15) is 11.4 Å². The molecule has 27 heavy (non-hydrogen) atoms. The van der Waals surface area contributed by atoms with Crippen LogP contribution in [0.2, 0.25) is 0 Å². The zero-order valence-corrected chi connectivity index (χ0v) is 15.4. The van der Waals surface area contributed by atoms with E-state index in [0.717, 1.165) is 38.5 Å². The summed E-state index contributed by atoms with van der Waals surface area (Å²) >= 11 is 0. The number of carbonyl (C=O) groups is 2. The third-order valence-corrected chi connectivity index (χ3v) is 5.71. The largest absolute Gasteiger partial charge is 0.345 e. The second kappa shape index (κ2) is 6.72. The summed E-state index contributed by atoms with van der Waals surface area (Å²) in [5.74, 6) is -0.343. The molecular formula is C20H23N5O2. The van der Waals surface area contributed by atoms with Crippen molar-refractivity contribution < 1.29 is 9.59 Å². The van der Waals surface area contributed by atoms with Gasteiger partial charge in [-0.1, -0.05) is 6.07 Å². The van der Waals surface area contributed by atoms with E-state index in [0.29, 0.717) is 17.1 Å². The molecule has 2 aliphatic carbocycles. The van der Waals surface area contributed by atoms with Gasteiger partial charge in [0.15, 0.2) is 0 Å². The molecule has 7 nitrogen and oxygen atoms in total. The van der Waals surface area contributed by atoms with Gasteiger partial charge >= 0.3 is 0 Å². The number of fused-ring (bicyclic) bond motifs is 2. The number of amides is 2. The first-order valence-corrected chi connectivity index (χ1v) is 9.34. The summed E-state index contributed by atoms with van der Waals surface area (Å²) in [6, 6.07) is 5.32. The highest BCUT2D eigenvalue weighted by molar-refractivity contribution is 5.93. The summed E-state index contributed by atoms with van der Waals surface area (Å²) in [6.45, 7) is 1.82. The summed E-state index contributed by atoms with van der Waals surface area (Å²) < 4.78 is 0. The molecule has 7 heteroatoms. The number of hydrogen-bond donors (Lipinski definition) is 2. The lowest BCUT2D eigenvalue weighted by Crippen LogP contribution is -2.55. The second-order valence-corrected chi connectivity index (χ2v) is 7.76. The van der Waals surface area contributed by atoms with Crippen molar-refractivity contribution in [1.29, 1.82) is 0 Å². The van der Waals surface area contributed by atoms with E-state index in [2.05, 4.69) is 25.6 Å². The number of aryl methyl sites for hydroxylation is 1. The predicted octanol–water partition coefficient (Wildman–Crippen LogP) is 2.19. The Balaban J connectivity index is 1.48. The van der Waals surface area contributed by atoms with Crippen LogP contribution in [0.25, 0.3) is 0 Å². The molecule has 0 aliphatic heterocycles. The Morgan fingerprint density at radius 1 is 0.963 bits per heavy atom. The first-order chi connectivity index (χ1) is 13.0. The Kier molecular flexibility index (Phi) is 4.37. The van der Waals surface area contributed by atoms with Gasteiger partial charge in [0, 0.05) is 23.5 Å². The van der Waals surface area contributed by atoms with Crippen LogP contribution in [-0.4, -0.2) is 37.8 Å². The normalized spacial score (nSPS) is 26.4. The van der Waals surface area contributed by atoms with E-state index in [1.54, 1.807) is 24.5 Å². The van der Waals surface area contributed by atoms with E-state index < -0.39 is 0 Å². The van der Waals surface area contributed by atoms with Crippen LogP contribution >= 0.6 is 0 Å². The molecule has 1 unspecified atom stereocenters. The Labute approximate surface area is 158 Å². The zero-order chi connectivity index (χ0) is 18.9. The Morgan fingerprint density at radius 2 is 1.67 bits per heavy atom. The minimum absolute atomic E-state index is 0.149. The van der Waals surface area contributed by atoms with Crippen molar-refractivity contribution >= 4 is 11.8 Å². The molecule has 4 rings (SSSR count). The minimum Gasteiger partial charge on any atom is -0.345 e. The Morgan fingerprint density at radius 3 is 2.30 bits per heavy atom. The van der Waals surface area contributed by atoms with Gasteiger partial charge in [0.05, 0.1) is 11.9 Å². The highest BCUT2D eigenvalue weighted by Gasteiger charge is 2.52. The molecule has 2 saturated carbocycles. The van der Waals surface area contributed by atoms with Crippen LogP contribution in [0.1, 0.15) is 65.2 Å².